The van der Waals surface area contributed by atoms with Crippen molar-refractivity contribution >= 4 is 45.7 Å². The highest BCUT2D eigenvalue weighted by atomic mass is 32.2. The fourth-order valence-corrected chi connectivity index (χ4v) is 5.40. The molecule has 0 saturated carbocycles. The highest BCUT2D eigenvalue weighted by Crippen LogP contribution is 2.35. The Kier molecular flexibility index (Phi) is 6.24. The number of aryl methyl sites for hydroxylation is 1. The van der Waals surface area contributed by atoms with Crippen molar-refractivity contribution in [2.75, 3.05) is 7.11 Å². The summed E-state index contributed by atoms with van der Waals surface area (Å²) in [5.41, 5.74) is 5.06. The molecule has 1 aliphatic heterocycles. The number of hydrogen-bond acceptors (Lipinski definition) is 5. The van der Waals surface area contributed by atoms with Crippen molar-refractivity contribution in [2.45, 2.75) is 20.4 Å². The Bertz CT molecular complexity index is 1540. The van der Waals surface area contributed by atoms with Crippen LogP contribution in [-0.4, -0.2) is 33.7 Å². The van der Waals surface area contributed by atoms with Crippen LogP contribution in [0.4, 0.5) is 4.79 Å². The summed E-state index contributed by atoms with van der Waals surface area (Å²) in [6.07, 6.45) is 1.79. The van der Waals surface area contributed by atoms with Gasteiger partial charge in [0.05, 0.1) is 24.1 Å². The van der Waals surface area contributed by atoms with Crippen LogP contribution < -0.4 is 0 Å². The van der Waals surface area contributed by atoms with Crippen LogP contribution in [-0.2, 0) is 16.1 Å². The molecular weight excluding hydrogens is 472 g/mol. The van der Waals surface area contributed by atoms with E-state index in [4.69, 9.17) is 4.74 Å². The fourth-order valence-electron chi connectivity index (χ4n) is 4.57. The molecule has 1 aliphatic rings. The van der Waals surface area contributed by atoms with Gasteiger partial charge in [-0.3, -0.25) is 14.5 Å². The molecule has 0 unspecified atom stereocenters. The summed E-state index contributed by atoms with van der Waals surface area (Å²) >= 11 is 0.966. The van der Waals surface area contributed by atoms with Crippen LogP contribution in [0.2, 0.25) is 0 Å². The number of carbonyl (C=O) groups excluding carboxylic acids is 3. The van der Waals surface area contributed by atoms with Crippen LogP contribution in [0.15, 0.2) is 77.7 Å². The molecule has 0 aliphatic carbocycles. The zero-order valence-electron chi connectivity index (χ0n) is 20.1. The number of imide groups is 1. The lowest BCUT2D eigenvalue weighted by atomic mass is 10.0. The first-order chi connectivity index (χ1) is 17.4. The Morgan fingerprint density at radius 3 is 2.44 bits per heavy atom. The number of aromatic nitrogens is 1. The van der Waals surface area contributed by atoms with Crippen LogP contribution in [0.1, 0.15) is 32.9 Å². The minimum atomic E-state index is -0.387. The SMILES string of the molecule is COC(=O)c1ccc(-n2c(C)cc(/C=C3/SC(=O)N(Cc4cccc5ccccc45)C3=O)c2C)cc1. The third kappa shape index (κ3) is 4.22. The summed E-state index contributed by atoms with van der Waals surface area (Å²) in [7, 11) is 1.35. The molecule has 2 amide bonds. The van der Waals surface area contributed by atoms with Crippen LogP contribution >= 0.6 is 11.8 Å². The van der Waals surface area contributed by atoms with E-state index in [1.165, 1.54) is 12.0 Å². The van der Waals surface area contributed by atoms with Gasteiger partial charge in [-0.05, 0) is 83.9 Å². The predicted octanol–water partition coefficient (Wildman–Crippen LogP) is 6.27. The largest absolute Gasteiger partial charge is 0.465 e. The Morgan fingerprint density at radius 1 is 0.972 bits per heavy atom. The number of carbonyl (C=O) groups is 3. The zero-order valence-corrected chi connectivity index (χ0v) is 21.0. The number of amides is 2. The molecule has 6 nitrogen and oxygen atoms in total. The molecule has 0 spiro atoms. The summed E-state index contributed by atoms with van der Waals surface area (Å²) < 4.78 is 6.82. The Labute approximate surface area is 213 Å². The summed E-state index contributed by atoms with van der Waals surface area (Å²) in [6.45, 7) is 4.17. The molecule has 1 fully saturated rings. The van der Waals surface area contributed by atoms with Crippen molar-refractivity contribution in [3.8, 4) is 5.69 Å². The molecule has 180 valence electrons. The molecular formula is C29H24N2O4S. The molecule has 1 aromatic heterocycles. The molecule has 36 heavy (non-hydrogen) atoms. The monoisotopic (exact) mass is 496 g/mol. The average Bonchev–Trinajstić information content (AvgIpc) is 3.32. The molecule has 1 saturated heterocycles. The van der Waals surface area contributed by atoms with Gasteiger partial charge in [-0.1, -0.05) is 42.5 Å². The Morgan fingerprint density at radius 2 is 1.69 bits per heavy atom. The molecule has 5 rings (SSSR count). The van der Waals surface area contributed by atoms with Crippen molar-refractivity contribution in [3.05, 3.63) is 106 Å². The van der Waals surface area contributed by atoms with Crippen molar-refractivity contribution in [2.24, 2.45) is 0 Å². The van der Waals surface area contributed by atoms with E-state index in [1.807, 2.05) is 79.1 Å². The lowest BCUT2D eigenvalue weighted by Gasteiger charge is -2.14. The highest BCUT2D eigenvalue weighted by Gasteiger charge is 2.35. The van der Waals surface area contributed by atoms with E-state index in [0.717, 1.165) is 50.7 Å². The highest BCUT2D eigenvalue weighted by molar-refractivity contribution is 8.18. The second-order valence-corrected chi connectivity index (χ2v) is 9.60. The maximum absolute atomic E-state index is 13.2. The number of rotatable bonds is 5. The number of fused-ring (bicyclic) bond motifs is 1. The lowest BCUT2D eigenvalue weighted by Crippen LogP contribution is -2.27. The molecule has 2 heterocycles. The molecule has 7 heteroatoms. The second-order valence-electron chi connectivity index (χ2n) is 8.61. The number of benzene rings is 3. The third-order valence-corrected chi connectivity index (χ3v) is 7.29. The van der Waals surface area contributed by atoms with Gasteiger partial charge >= 0.3 is 5.97 Å². The van der Waals surface area contributed by atoms with Gasteiger partial charge in [0.25, 0.3) is 11.1 Å². The average molecular weight is 497 g/mol. The summed E-state index contributed by atoms with van der Waals surface area (Å²) in [6, 6.07) is 23.0. The van der Waals surface area contributed by atoms with Crippen LogP contribution in [0, 0.1) is 13.8 Å². The Hall–Kier alpha value is -4.10. The van der Waals surface area contributed by atoms with Crippen LogP contribution in [0.25, 0.3) is 22.5 Å². The summed E-state index contributed by atoms with van der Waals surface area (Å²) in [5.74, 6) is -0.674. The van der Waals surface area contributed by atoms with E-state index >= 15 is 0 Å². The van der Waals surface area contributed by atoms with Gasteiger partial charge in [-0.15, -0.1) is 0 Å². The van der Waals surface area contributed by atoms with Gasteiger partial charge < -0.3 is 9.30 Å². The Balaban J connectivity index is 1.42. The summed E-state index contributed by atoms with van der Waals surface area (Å²) in [4.78, 5) is 39.5. The van der Waals surface area contributed by atoms with E-state index in [2.05, 4.69) is 0 Å². The van der Waals surface area contributed by atoms with Gasteiger partial charge in [0.15, 0.2) is 0 Å². The van der Waals surface area contributed by atoms with Gasteiger partial charge in [0.2, 0.25) is 0 Å². The molecule has 3 aromatic carbocycles. The number of methoxy groups -OCH3 is 1. The standard InChI is InChI=1S/C29H24N2O4S/c1-18-15-23(19(2)31(18)24-13-11-21(12-14-24)28(33)35-3)16-26-27(32)30(29(34)36-26)17-22-9-6-8-20-7-4-5-10-25(20)22/h4-16H,17H2,1-3H3/b26-16+. The first kappa shape index (κ1) is 23.6. The fraction of sp³-hybridized carbons (Fsp3) is 0.138. The van der Waals surface area contributed by atoms with Gasteiger partial charge in [0.1, 0.15) is 0 Å². The predicted molar refractivity (Wildman–Crippen MR) is 142 cm³/mol. The van der Waals surface area contributed by atoms with Gasteiger partial charge in [0, 0.05) is 17.1 Å². The van der Waals surface area contributed by atoms with Crippen LogP contribution in [0.3, 0.4) is 0 Å². The molecule has 0 radical (unpaired) electrons. The van der Waals surface area contributed by atoms with Crippen molar-refractivity contribution in [1.29, 1.82) is 0 Å². The molecule has 0 atom stereocenters. The van der Waals surface area contributed by atoms with Crippen molar-refractivity contribution in [3.63, 3.8) is 0 Å². The maximum atomic E-state index is 13.2. The lowest BCUT2D eigenvalue weighted by molar-refractivity contribution is -0.123. The minimum absolute atomic E-state index is 0.231. The third-order valence-electron chi connectivity index (χ3n) is 6.39. The van der Waals surface area contributed by atoms with Gasteiger partial charge in [-0.25, -0.2) is 4.79 Å². The number of thioether (sulfide) groups is 1. The first-order valence-electron chi connectivity index (χ1n) is 11.5. The van der Waals surface area contributed by atoms with E-state index in [-0.39, 0.29) is 23.7 Å². The van der Waals surface area contributed by atoms with E-state index in [0.29, 0.717) is 10.5 Å². The van der Waals surface area contributed by atoms with E-state index < -0.39 is 0 Å². The van der Waals surface area contributed by atoms with Crippen molar-refractivity contribution < 1.29 is 19.1 Å². The number of ether oxygens (including phenoxy) is 1. The number of nitrogens with zero attached hydrogens (tertiary/aromatic N) is 2. The second kappa shape index (κ2) is 9.51. The topological polar surface area (TPSA) is 68.6 Å². The van der Waals surface area contributed by atoms with Gasteiger partial charge in [-0.2, -0.15) is 0 Å². The normalized spacial score (nSPS) is 14.8. The zero-order chi connectivity index (χ0) is 25.4. The minimum Gasteiger partial charge on any atom is -0.465 e. The van der Waals surface area contributed by atoms with E-state index in [9.17, 15) is 14.4 Å². The number of esters is 1. The maximum Gasteiger partial charge on any atom is 0.337 e. The smallest absolute Gasteiger partial charge is 0.337 e. The molecule has 0 N–H and O–H groups in total. The van der Waals surface area contributed by atoms with E-state index in [1.54, 1.807) is 18.2 Å². The summed E-state index contributed by atoms with van der Waals surface area (Å²) in [5, 5.41) is 1.83. The molecule has 4 aromatic rings. The first-order valence-corrected chi connectivity index (χ1v) is 12.3. The molecule has 0 bridgehead atoms. The van der Waals surface area contributed by atoms with Crippen LogP contribution in [0.5, 0.6) is 0 Å². The number of hydrogen-bond donors (Lipinski definition) is 0. The quantitative estimate of drug-likeness (QED) is 0.241. The van der Waals surface area contributed by atoms with Crippen molar-refractivity contribution in [1.82, 2.24) is 9.47 Å².